The first-order valence-electron chi connectivity index (χ1n) is 4.25. The number of anilines is 3. The maximum Gasteiger partial charge on any atom is 0.229 e. The summed E-state index contributed by atoms with van der Waals surface area (Å²) in [6, 6.07) is 11.4. The molecule has 0 fully saturated rings. The van der Waals surface area contributed by atoms with Gasteiger partial charge in [0.05, 0.1) is 0 Å². The van der Waals surface area contributed by atoms with Crippen molar-refractivity contribution in [3.63, 3.8) is 0 Å². The Morgan fingerprint density at radius 3 is 2.47 bits per heavy atom. The molecule has 2 aromatic rings. The summed E-state index contributed by atoms with van der Waals surface area (Å²) in [6.45, 7) is 0. The lowest BCUT2D eigenvalue weighted by Crippen LogP contribution is -1.98. The number of nitrogens with one attached hydrogen (secondary N) is 1. The van der Waals surface area contributed by atoms with Crippen LogP contribution in [0.5, 0.6) is 0 Å². The zero-order chi connectivity index (χ0) is 9.80. The van der Waals surface area contributed by atoms with Crippen molar-refractivity contribution in [2.45, 2.75) is 0 Å². The third-order valence-electron chi connectivity index (χ3n) is 1.71. The summed E-state index contributed by atoms with van der Waals surface area (Å²) in [6.07, 6.45) is 1.62. The lowest BCUT2D eigenvalue weighted by Gasteiger charge is -2.03. The maximum atomic E-state index is 5.52. The van der Waals surface area contributed by atoms with Crippen molar-refractivity contribution in [1.82, 2.24) is 9.97 Å². The first-order valence-corrected chi connectivity index (χ1v) is 4.25. The molecule has 0 amide bonds. The monoisotopic (exact) mass is 222 g/mol. The SMILES string of the molecule is Cl.Nc1ccnc(Nc2ccccc2)n1. The topological polar surface area (TPSA) is 63.8 Å². The van der Waals surface area contributed by atoms with Gasteiger partial charge < -0.3 is 11.1 Å². The van der Waals surface area contributed by atoms with Gasteiger partial charge in [-0.15, -0.1) is 12.4 Å². The molecule has 4 nitrogen and oxygen atoms in total. The van der Waals surface area contributed by atoms with Crippen LogP contribution in [0.15, 0.2) is 42.6 Å². The van der Waals surface area contributed by atoms with E-state index in [1.54, 1.807) is 12.3 Å². The fourth-order valence-corrected chi connectivity index (χ4v) is 1.08. The second-order valence-corrected chi connectivity index (χ2v) is 2.80. The highest BCUT2D eigenvalue weighted by molar-refractivity contribution is 5.85. The van der Waals surface area contributed by atoms with Crippen molar-refractivity contribution >= 4 is 29.9 Å². The number of rotatable bonds is 2. The van der Waals surface area contributed by atoms with E-state index in [0.29, 0.717) is 11.8 Å². The maximum absolute atomic E-state index is 5.52. The van der Waals surface area contributed by atoms with E-state index in [1.165, 1.54) is 0 Å². The van der Waals surface area contributed by atoms with Gasteiger partial charge in [0.2, 0.25) is 5.95 Å². The van der Waals surface area contributed by atoms with E-state index < -0.39 is 0 Å². The molecule has 15 heavy (non-hydrogen) atoms. The zero-order valence-electron chi connectivity index (χ0n) is 7.92. The Morgan fingerprint density at radius 2 is 1.80 bits per heavy atom. The molecule has 0 aliphatic carbocycles. The van der Waals surface area contributed by atoms with Crippen LogP contribution in [0.1, 0.15) is 0 Å². The summed E-state index contributed by atoms with van der Waals surface area (Å²) in [5.41, 5.74) is 6.46. The number of aromatic nitrogens is 2. The fraction of sp³-hybridized carbons (Fsp3) is 0. The quantitative estimate of drug-likeness (QED) is 0.818. The number of hydrogen-bond donors (Lipinski definition) is 2. The lowest BCUT2D eigenvalue weighted by molar-refractivity contribution is 1.17. The van der Waals surface area contributed by atoms with Gasteiger partial charge in [0.25, 0.3) is 0 Å². The molecule has 0 unspecified atom stereocenters. The number of nitrogens with two attached hydrogens (primary N) is 1. The first-order chi connectivity index (χ1) is 6.84. The molecule has 3 N–H and O–H groups in total. The van der Waals surface area contributed by atoms with Crippen molar-refractivity contribution in [1.29, 1.82) is 0 Å². The van der Waals surface area contributed by atoms with Gasteiger partial charge in [-0.2, -0.15) is 4.98 Å². The fourth-order valence-electron chi connectivity index (χ4n) is 1.08. The Morgan fingerprint density at radius 1 is 1.07 bits per heavy atom. The summed E-state index contributed by atoms with van der Waals surface area (Å²) in [5.74, 6) is 0.967. The van der Waals surface area contributed by atoms with E-state index in [1.807, 2.05) is 30.3 Å². The average molecular weight is 223 g/mol. The normalized spacial score (nSPS) is 9.07. The molecule has 0 spiro atoms. The highest BCUT2D eigenvalue weighted by Crippen LogP contribution is 2.11. The van der Waals surface area contributed by atoms with Gasteiger partial charge in [0, 0.05) is 11.9 Å². The van der Waals surface area contributed by atoms with Crippen LogP contribution in [0.4, 0.5) is 17.5 Å². The van der Waals surface area contributed by atoms with Crippen molar-refractivity contribution in [2.75, 3.05) is 11.1 Å². The van der Waals surface area contributed by atoms with E-state index in [-0.39, 0.29) is 12.4 Å². The van der Waals surface area contributed by atoms with E-state index in [4.69, 9.17) is 5.73 Å². The van der Waals surface area contributed by atoms with Gasteiger partial charge in [-0.3, -0.25) is 0 Å². The van der Waals surface area contributed by atoms with Crippen LogP contribution in [0, 0.1) is 0 Å². The number of benzene rings is 1. The van der Waals surface area contributed by atoms with Crippen LogP contribution in [-0.2, 0) is 0 Å². The van der Waals surface area contributed by atoms with Gasteiger partial charge in [0.1, 0.15) is 5.82 Å². The minimum atomic E-state index is 0. The summed E-state index contributed by atoms with van der Waals surface area (Å²) < 4.78 is 0. The minimum absolute atomic E-state index is 0. The van der Waals surface area contributed by atoms with Gasteiger partial charge >= 0.3 is 0 Å². The van der Waals surface area contributed by atoms with E-state index in [9.17, 15) is 0 Å². The van der Waals surface area contributed by atoms with Crippen LogP contribution in [0.2, 0.25) is 0 Å². The van der Waals surface area contributed by atoms with Crippen molar-refractivity contribution in [2.24, 2.45) is 0 Å². The van der Waals surface area contributed by atoms with Crippen molar-refractivity contribution in [3.05, 3.63) is 42.6 Å². The number of nitrogen functional groups attached to an aromatic ring is 1. The molecule has 0 aliphatic rings. The number of hydrogen-bond acceptors (Lipinski definition) is 4. The molecular formula is C10H11ClN4. The Balaban J connectivity index is 0.00000112. The molecular weight excluding hydrogens is 212 g/mol. The highest BCUT2D eigenvalue weighted by Gasteiger charge is 1.95. The van der Waals surface area contributed by atoms with Gasteiger partial charge in [-0.1, -0.05) is 18.2 Å². The molecule has 0 aliphatic heterocycles. The molecule has 78 valence electrons. The number of halogens is 1. The molecule has 1 aromatic heterocycles. The minimum Gasteiger partial charge on any atom is -0.384 e. The van der Waals surface area contributed by atoms with Crippen molar-refractivity contribution in [3.8, 4) is 0 Å². The van der Waals surface area contributed by atoms with Crippen molar-refractivity contribution < 1.29 is 0 Å². The van der Waals surface area contributed by atoms with E-state index >= 15 is 0 Å². The predicted octanol–water partition coefficient (Wildman–Crippen LogP) is 2.22. The average Bonchev–Trinajstić information content (AvgIpc) is 2.19. The molecule has 0 atom stereocenters. The van der Waals surface area contributed by atoms with Gasteiger partial charge in [-0.25, -0.2) is 4.98 Å². The Hall–Kier alpha value is -1.81. The Bertz CT molecular complexity index is 419. The lowest BCUT2D eigenvalue weighted by atomic mass is 10.3. The zero-order valence-corrected chi connectivity index (χ0v) is 8.74. The largest absolute Gasteiger partial charge is 0.384 e. The van der Waals surface area contributed by atoms with Crippen LogP contribution in [0.3, 0.4) is 0 Å². The van der Waals surface area contributed by atoms with Gasteiger partial charge in [-0.05, 0) is 18.2 Å². The second-order valence-electron chi connectivity index (χ2n) is 2.80. The highest BCUT2D eigenvalue weighted by atomic mass is 35.5. The number of nitrogens with zero attached hydrogens (tertiary/aromatic N) is 2. The Kier molecular flexibility index (Phi) is 3.88. The van der Waals surface area contributed by atoms with E-state index in [2.05, 4.69) is 15.3 Å². The smallest absolute Gasteiger partial charge is 0.229 e. The van der Waals surface area contributed by atoms with Crippen LogP contribution >= 0.6 is 12.4 Å². The second kappa shape index (κ2) is 5.17. The summed E-state index contributed by atoms with van der Waals surface area (Å²) >= 11 is 0. The number of para-hydroxylation sites is 1. The molecule has 2 rings (SSSR count). The predicted molar refractivity (Wildman–Crippen MR) is 63.4 cm³/mol. The molecule has 1 heterocycles. The van der Waals surface area contributed by atoms with Gasteiger partial charge in [0.15, 0.2) is 0 Å². The third-order valence-corrected chi connectivity index (χ3v) is 1.71. The summed E-state index contributed by atoms with van der Waals surface area (Å²) in [4.78, 5) is 8.06. The molecule has 0 saturated carbocycles. The Labute approximate surface area is 94.0 Å². The molecule has 1 aromatic carbocycles. The van der Waals surface area contributed by atoms with Crippen LogP contribution < -0.4 is 11.1 Å². The molecule has 0 saturated heterocycles. The molecule has 0 radical (unpaired) electrons. The summed E-state index contributed by atoms with van der Waals surface area (Å²) in [5, 5.41) is 3.04. The van der Waals surface area contributed by atoms with Crippen LogP contribution in [-0.4, -0.2) is 9.97 Å². The standard InChI is InChI=1S/C10H10N4.ClH/c11-9-6-7-12-10(14-9)13-8-4-2-1-3-5-8;/h1-7H,(H3,11,12,13,14);1H. The molecule has 0 bridgehead atoms. The van der Waals surface area contributed by atoms with E-state index in [0.717, 1.165) is 5.69 Å². The molecule has 5 heteroatoms. The van der Waals surface area contributed by atoms with Crippen LogP contribution in [0.25, 0.3) is 0 Å². The summed E-state index contributed by atoms with van der Waals surface area (Å²) in [7, 11) is 0. The third kappa shape index (κ3) is 3.11. The first kappa shape index (κ1) is 11.3.